The van der Waals surface area contributed by atoms with Crippen LogP contribution in [0.15, 0.2) is 16.7 Å². The van der Waals surface area contributed by atoms with Gasteiger partial charge in [-0.05, 0) is 35.3 Å². The summed E-state index contributed by atoms with van der Waals surface area (Å²) in [5, 5.41) is 0. The number of hydrogen-bond acceptors (Lipinski definition) is 3. The lowest BCUT2D eigenvalue weighted by Crippen LogP contribution is -2.37. The van der Waals surface area contributed by atoms with Crippen LogP contribution in [-0.2, 0) is 10.4 Å². The maximum absolute atomic E-state index is 13.6. The van der Waals surface area contributed by atoms with Gasteiger partial charge < -0.3 is 0 Å². The average Bonchev–Trinajstić information content (AvgIpc) is 2.92. The van der Waals surface area contributed by atoms with E-state index in [0.717, 1.165) is 10.9 Å². The summed E-state index contributed by atoms with van der Waals surface area (Å²) < 4.78 is 14.4. The summed E-state index contributed by atoms with van der Waals surface area (Å²) in [5.41, 5.74) is 3.05. The molecule has 0 radical (unpaired) electrons. The van der Waals surface area contributed by atoms with Gasteiger partial charge in [-0.15, -0.1) is 0 Å². The number of pyridine rings is 1. The Bertz CT molecular complexity index is 428. The summed E-state index contributed by atoms with van der Waals surface area (Å²) in [6.45, 7) is 1.96. The summed E-state index contributed by atoms with van der Waals surface area (Å²) in [6, 6.07) is 1.76. The van der Waals surface area contributed by atoms with Crippen molar-refractivity contribution in [2.24, 2.45) is 5.92 Å². The Labute approximate surface area is 95.1 Å². The molecule has 2 aliphatic rings. The van der Waals surface area contributed by atoms with E-state index in [1.807, 2.05) is 6.92 Å². The molecular formula is C10H10BrFN2O. The van der Waals surface area contributed by atoms with Crippen LogP contribution < -0.4 is 5.48 Å². The predicted octanol–water partition coefficient (Wildman–Crippen LogP) is 2.12. The summed E-state index contributed by atoms with van der Waals surface area (Å²) in [4.78, 5) is 9.04. The van der Waals surface area contributed by atoms with Gasteiger partial charge in [-0.1, -0.05) is 0 Å². The van der Waals surface area contributed by atoms with Crippen LogP contribution in [0.5, 0.6) is 0 Å². The molecule has 3 rings (SSSR count). The van der Waals surface area contributed by atoms with E-state index in [2.05, 4.69) is 26.4 Å². The van der Waals surface area contributed by atoms with Gasteiger partial charge in [0.05, 0.1) is 11.6 Å². The van der Waals surface area contributed by atoms with E-state index in [1.54, 1.807) is 6.07 Å². The van der Waals surface area contributed by atoms with Crippen LogP contribution in [0.4, 0.5) is 4.39 Å². The molecule has 2 fully saturated rings. The summed E-state index contributed by atoms with van der Waals surface area (Å²) in [6.07, 6.45) is 2.70. The number of hydrogen-bond donors (Lipinski definition) is 1. The van der Waals surface area contributed by atoms with Crippen LogP contribution in [0, 0.1) is 11.9 Å². The Morgan fingerprint density at radius 2 is 2.53 bits per heavy atom. The topological polar surface area (TPSA) is 34.2 Å². The molecule has 0 amide bonds. The van der Waals surface area contributed by atoms with Crippen molar-refractivity contribution in [2.75, 3.05) is 0 Å². The number of nitrogens with zero attached hydrogens (tertiary/aromatic N) is 1. The molecule has 80 valence electrons. The van der Waals surface area contributed by atoms with Crippen molar-refractivity contribution in [3.05, 3.63) is 28.2 Å². The number of halogens is 2. The highest BCUT2D eigenvalue weighted by molar-refractivity contribution is 9.10. The molecule has 2 heterocycles. The third-order valence-electron chi connectivity index (χ3n) is 3.26. The first kappa shape index (κ1) is 9.69. The number of aromatic nitrogens is 1. The molecular weight excluding hydrogens is 263 g/mol. The molecule has 1 aliphatic carbocycles. The van der Waals surface area contributed by atoms with Gasteiger partial charge in [-0.25, -0.2) is 4.98 Å². The molecule has 1 aliphatic heterocycles. The van der Waals surface area contributed by atoms with E-state index < -0.39 is 11.5 Å². The summed E-state index contributed by atoms with van der Waals surface area (Å²) in [5.74, 6) is -0.0625. The Kier molecular flexibility index (Phi) is 1.93. The van der Waals surface area contributed by atoms with Crippen molar-refractivity contribution in [2.45, 2.75) is 25.0 Å². The fraction of sp³-hybridized carbons (Fsp3) is 0.500. The predicted molar refractivity (Wildman–Crippen MR) is 55.4 cm³/mol. The number of hydroxylamine groups is 1. The Morgan fingerprint density at radius 1 is 1.73 bits per heavy atom. The average molecular weight is 273 g/mol. The number of rotatable bonds is 1. The van der Waals surface area contributed by atoms with E-state index in [-0.39, 0.29) is 6.10 Å². The van der Waals surface area contributed by atoms with Gasteiger partial charge in [-0.3, -0.25) is 4.84 Å². The van der Waals surface area contributed by atoms with E-state index >= 15 is 0 Å². The minimum absolute atomic E-state index is 0.244. The SMILES string of the molecule is CC1(c2cc(Br)cnc2F)NOC2CC21. The van der Waals surface area contributed by atoms with Gasteiger partial charge in [0.2, 0.25) is 5.95 Å². The third-order valence-corrected chi connectivity index (χ3v) is 3.69. The van der Waals surface area contributed by atoms with Crippen LogP contribution in [0.25, 0.3) is 0 Å². The molecule has 0 aromatic carbocycles. The zero-order valence-electron chi connectivity index (χ0n) is 8.13. The first-order valence-electron chi connectivity index (χ1n) is 4.85. The van der Waals surface area contributed by atoms with Crippen molar-refractivity contribution >= 4 is 15.9 Å². The van der Waals surface area contributed by atoms with Crippen LogP contribution in [0.1, 0.15) is 18.9 Å². The summed E-state index contributed by atoms with van der Waals surface area (Å²) in [7, 11) is 0. The van der Waals surface area contributed by atoms with Crippen LogP contribution >= 0.6 is 15.9 Å². The fourth-order valence-corrected chi connectivity index (χ4v) is 2.56. The standard InChI is InChI=1S/C10H10BrFN2O/c1-10(6-3-8(6)15-14-10)7-2-5(11)4-13-9(7)12/h2,4,6,8,14H,3H2,1H3. The molecule has 1 aromatic rings. The van der Waals surface area contributed by atoms with Crippen molar-refractivity contribution in [1.29, 1.82) is 0 Å². The second-order valence-electron chi connectivity index (χ2n) is 4.29. The van der Waals surface area contributed by atoms with Crippen molar-refractivity contribution in [1.82, 2.24) is 10.5 Å². The maximum atomic E-state index is 13.6. The molecule has 0 spiro atoms. The lowest BCUT2D eigenvalue weighted by molar-refractivity contribution is 0.0210. The first-order valence-corrected chi connectivity index (χ1v) is 5.65. The van der Waals surface area contributed by atoms with E-state index in [1.165, 1.54) is 6.20 Å². The number of fused-ring (bicyclic) bond motifs is 1. The summed E-state index contributed by atoms with van der Waals surface area (Å²) >= 11 is 3.30. The molecule has 3 unspecified atom stereocenters. The number of nitrogens with one attached hydrogen (secondary N) is 1. The van der Waals surface area contributed by atoms with Gasteiger partial charge in [0.15, 0.2) is 0 Å². The quantitative estimate of drug-likeness (QED) is 0.796. The Hall–Kier alpha value is -0.520. The van der Waals surface area contributed by atoms with Gasteiger partial charge in [0.25, 0.3) is 0 Å². The van der Waals surface area contributed by atoms with Gasteiger partial charge in [0.1, 0.15) is 0 Å². The van der Waals surface area contributed by atoms with Gasteiger partial charge in [0, 0.05) is 22.2 Å². The maximum Gasteiger partial charge on any atom is 0.218 e. The minimum Gasteiger partial charge on any atom is -0.297 e. The Balaban J connectivity index is 2.08. The molecule has 1 saturated heterocycles. The lowest BCUT2D eigenvalue weighted by atomic mass is 9.89. The van der Waals surface area contributed by atoms with Gasteiger partial charge >= 0.3 is 0 Å². The molecule has 1 aromatic heterocycles. The van der Waals surface area contributed by atoms with Crippen molar-refractivity contribution in [3.63, 3.8) is 0 Å². The monoisotopic (exact) mass is 272 g/mol. The van der Waals surface area contributed by atoms with Crippen LogP contribution in [0.2, 0.25) is 0 Å². The first-order chi connectivity index (χ1) is 7.11. The second-order valence-corrected chi connectivity index (χ2v) is 5.21. The smallest absolute Gasteiger partial charge is 0.218 e. The zero-order valence-corrected chi connectivity index (χ0v) is 9.71. The normalized spacial score (nSPS) is 37.8. The highest BCUT2D eigenvalue weighted by atomic mass is 79.9. The molecule has 15 heavy (non-hydrogen) atoms. The lowest BCUT2D eigenvalue weighted by Gasteiger charge is -2.25. The van der Waals surface area contributed by atoms with E-state index in [0.29, 0.717) is 11.5 Å². The Morgan fingerprint density at radius 3 is 3.13 bits per heavy atom. The molecule has 5 heteroatoms. The van der Waals surface area contributed by atoms with Gasteiger partial charge in [-0.2, -0.15) is 9.87 Å². The molecule has 1 N–H and O–H groups in total. The molecule has 3 nitrogen and oxygen atoms in total. The van der Waals surface area contributed by atoms with Crippen LogP contribution in [0.3, 0.4) is 0 Å². The fourth-order valence-electron chi connectivity index (χ4n) is 2.22. The largest absolute Gasteiger partial charge is 0.297 e. The third kappa shape index (κ3) is 1.33. The zero-order chi connectivity index (χ0) is 10.6. The minimum atomic E-state index is -0.439. The molecule has 3 atom stereocenters. The molecule has 0 bridgehead atoms. The molecule has 1 saturated carbocycles. The van der Waals surface area contributed by atoms with Crippen molar-refractivity contribution in [3.8, 4) is 0 Å². The van der Waals surface area contributed by atoms with Crippen LogP contribution in [-0.4, -0.2) is 11.1 Å². The highest BCUT2D eigenvalue weighted by Gasteiger charge is 2.59. The highest BCUT2D eigenvalue weighted by Crippen LogP contribution is 2.52. The second kappa shape index (κ2) is 2.99. The van der Waals surface area contributed by atoms with E-state index in [4.69, 9.17) is 4.84 Å². The van der Waals surface area contributed by atoms with E-state index in [9.17, 15) is 4.39 Å². The van der Waals surface area contributed by atoms with Crippen molar-refractivity contribution < 1.29 is 9.23 Å².